The lowest BCUT2D eigenvalue weighted by Gasteiger charge is -2.36. The van der Waals surface area contributed by atoms with Crippen molar-refractivity contribution < 1.29 is 13.5 Å². The number of pyridine rings is 1. The van der Waals surface area contributed by atoms with Gasteiger partial charge < -0.3 is 10.0 Å². The lowest BCUT2D eigenvalue weighted by molar-refractivity contribution is 0.281. The molecule has 1 unspecified atom stereocenters. The first kappa shape index (κ1) is 13.6. The second-order valence-corrected chi connectivity index (χ2v) is 7.57. The smallest absolute Gasteiger partial charge is 0.169 e. The lowest BCUT2D eigenvalue weighted by atomic mass is 10.2. The van der Waals surface area contributed by atoms with E-state index in [-0.39, 0.29) is 6.61 Å². The fourth-order valence-corrected chi connectivity index (χ4v) is 4.87. The van der Waals surface area contributed by atoms with Crippen LogP contribution in [0.5, 0.6) is 0 Å². The summed E-state index contributed by atoms with van der Waals surface area (Å²) >= 11 is 1.64. The van der Waals surface area contributed by atoms with Gasteiger partial charge in [-0.15, -0.1) is 0 Å². The number of thioether (sulfide) groups is 1. The molecule has 1 N–H and O–H groups in total. The van der Waals surface area contributed by atoms with E-state index in [0.717, 1.165) is 11.4 Å². The second-order valence-electron chi connectivity index (χ2n) is 4.21. The van der Waals surface area contributed by atoms with Crippen LogP contribution in [0, 0.1) is 0 Å². The Bertz CT molecular complexity index is 519. The summed E-state index contributed by atoms with van der Waals surface area (Å²) < 4.78 is 23.7. The molecule has 0 saturated carbocycles. The molecule has 0 aromatic carbocycles. The van der Waals surface area contributed by atoms with Gasteiger partial charge in [-0.1, -0.05) is 0 Å². The van der Waals surface area contributed by atoms with Crippen LogP contribution in [0.3, 0.4) is 0 Å². The first-order valence-corrected chi connectivity index (χ1v) is 8.72. The Hall–Kier alpha value is -0.790. The van der Waals surface area contributed by atoms with Crippen molar-refractivity contribution >= 4 is 27.3 Å². The maximum atomic E-state index is 11.8. The molecule has 1 atom stereocenters. The lowest BCUT2D eigenvalue weighted by Crippen LogP contribution is -2.47. The fraction of sp³-hybridized carbons (Fsp3) is 0.545. The van der Waals surface area contributed by atoms with E-state index >= 15 is 0 Å². The highest BCUT2D eigenvalue weighted by Crippen LogP contribution is 2.28. The maximum Gasteiger partial charge on any atom is 0.169 e. The molecule has 0 spiro atoms. The zero-order valence-corrected chi connectivity index (χ0v) is 11.7. The van der Waals surface area contributed by atoms with Crippen LogP contribution in [0.25, 0.3) is 0 Å². The average molecular weight is 288 g/mol. The zero-order valence-electron chi connectivity index (χ0n) is 10.1. The largest absolute Gasteiger partial charge is 0.392 e. The monoisotopic (exact) mass is 288 g/mol. The Morgan fingerprint density at radius 3 is 3.06 bits per heavy atom. The van der Waals surface area contributed by atoms with Gasteiger partial charge in [0.1, 0.15) is 5.37 Å². The number of hydrogen-bond acceptors (Lipinski definition) is 6. The minimum absolute atomic E-state index is 0.136. The summed E-state index contributed by atoms with van der Waals surface area (Å²) in [5.41, 5.74) is 1.43. The van der Waals surface area contributed by atoms with Gasteiger partial charge in [0.15, 0.2) is 9.84 Å². The van der Waals surface area contributed by atoms with Gasteiger partial charge in [0.25, 0.3) is 0 Å². The third-order valence-corrected chi connectivity index (χ3v) is 5.58. The highest BCUT2D eigenvalue weighted by Gasteiger charge is 2.32. The van der Waals surface area contributed by atoms with Crippen LogP contribution in [-0.4, -0.2) is 48.2 Å². The van der Waals surface area contributed by atoms with Crippen LogP contribution in [-0.2, 0) is 16.4 Å². The predicted molar refractivity (Wildman–Crippen MR) is 73.5 cm³/mol. The van der Waals surface area contributed by atoms with Crippen molar-refractivity contribution in [3.05, 3.63) is 24.0 Å². The van der Waals surface area contributed by atoms with Gasteiger partial charge in [0, 0.05) is 48.0 Å². The Kier molecular flexibility index (Phi) is 4.14. The topological polar surface area (TPSA) is 70.5 Å². The Morgan fingerprint density at radius 2 is 2.39 bits per heavy atom. The fourth-order valence-electron chi connectivity index (χ4n) is 2.03. The van der Waals surface area contributed by atoms with Crippen LogP contribution >= 0.6 is 11.8 Å². The quantitative estimate of drug-likeness (QED) is 0.873. The van der Waals surface area contributed by atoms with E-state index < -0.39 is 15.2 Å². The number of aliphatic hydroxyl groups is 1. The van der Waals surface area contributed by atoms with E-state index in [0.29, 0.717) is 17.9 Å². The summed E-state index contributed by atoms with van der Waals surface area (Å²) in [4.78, 5) is 5.82. The molecule has 5 nitrogen and oxygen atoms in total. The van der Waals surface area contributed by atoms with Gasteiger partial charge in [0.05, 0.1) is 6.61 Å². The van der Waals surface area contributed by atoms with Crippen LogP contribution < -0.4 is 4.90 Å². The normalized spacial score (nSPS) is 21.0. The Labute approximate surface area is 111 Å². The molecule has 0 aliphatic carbocycles. The summed E-state index contributed by atoms with van der Waals surface area (Å²) in [5, 5.41) is 8.79. The number of rotatable bonds is 3. The molecule has 0 bridgehead atoms. The second kappa shape index (κ2) is 5.46. The molecule has 18 heavy (non-hydrogen) atoms. The van der Waals surface area contributed by atoms with Gasteiger partial charge >= 0.3 is 0 Å². The van der Waals surface area contributed by atoms with Gasteiger partial charge in [-0.25, -0.2) is 8.42 Å². The molecule has 7 heteroatoms. The molecule has 0 radical (unpaired) electrons. The molecule has 1 aromatic heterocycles. The number of aliphatic hydroxyl groups excluding tert-OH is 1. The number of anilines is 1. The number of nitrogens with zero attached hydrogens (tertiary/aromatic N) is 2. The van der Waals surface area contributed by atoms with Crippen molar-refractivity contribution in [2.24, 2.45) is 0 Å². The van der Waals surface area contributed by atoms with E-state index in [4.69, 9.17) is 0 Å². The average Bonchev–Trinajstić information content (AvgIpc) is 2.37. The van der Waals surface area contributed by atoms with E-state index in [2.05, 4.69) is 4.98 Å². The van der Waals surface area contributed by atoms with E-state index in [1.165, 1.54) is 6.26 Å². The summed E-state index contributed by atoms with van der Waals surface area (Å²) in [6.07, 6.45) is 4.46. The van der Waals surface area contributed by atoms with Crippen LogP contribution in [0.1, 0.15) is 5.56 Å². The maximum absolute atomic E-state index is 11.8. The van der Waals surface area contributed by atoms with Crippen molar-refractivity contribution in [2.45, 2.75) is 12.0 Å². The van der Waals surface area contributed by atoms with Gasteiger partial charge in [-0.2, -0.15) is 11.8 Å². The third kappa shape index (κ3) is 2.78. The standard InChI is InChI=1S/C11H16N2O3S2/c1-18(15,16)11-8-17-5-4-13(11)10-2-3-12-6-9(10)7-14/h2-3,6,11,14H,4-5,7-8H2,1H3. The van der Waals surface area contributed by atoms with Gasteiger partial charge in [-0.05, 0) is 6.07 Å². The minimum atomic E-state index is -3.15. The van der Waals surface area contributed by atoms with Crippen molar-refractivity contribution in [3.8, 4) is 0 Å². The minimum Gasteiger partial charge on any atom is -0.392 e. The Morgan fingerprint density at radius 1 is 1.61 bits per heavy atom. The van der Waals surface area contributed by atoms with Crippen LogP contribution in [0.15, 0.2) is 18.5 Å². The highest BCUT2D eigenvalue weighted by molar-refractivity contribution is 8.01. The Balaban J connectivity index is 2.40. The predicted octanol–water partition coefficient (Wildman–Crippen LogP) is 0.498. The molecule has 0 amide bonds. The molecule has 1 saturated heterocycles. The van der Waals surface area contributed by atoms with Crippen LogP contribution in [0.4, 0.5) is 5.69 Å². The number of aromatic nitrogens is 1. The molecule has 1 aliphatic heterocycles. The zero-order chi connectivity index (χ0) is 13.2. The summed E-state index contributed by atoms with van der Waals surface area (Å²) in [7, 11) is -3.15. The molecule has 100 valence electrons. The molecule has 1 aromatic rings. The number of hydrogen-bond donors (Lipinski definition) is 1. The molecular formula is C11H16N2O3S2. The van der Waals surface area contributed by atoms with Crippen molar-refractivity contribution in [1.82, 2.24) is 4.98 Å². The molecular weight excluding hydrogens is 272 g/mol. The van der Waals surface area contributed by atoms with E-state index in [9.17, 15) is 13.5 Å². The highest BCUT2D eigenvalue weighted by atomic mass is 32.2. The molecule has 2 heterocycles. The van der Waals surface area contributed by atoms with Crippen molar-refractivity contribution in [2.75, 3.05) is 29.2 Å². The summed E-state index contributed by atoms with van der Waals surface area (Å²) in [6.45, 7) is 0.530. The van der Waals surface area contributed by atoms with Gasteiger partial charge in [0.2, 0.25) is 0 Å². The summed E-state index contributed by atoms with van der Waals surface area (Å²) in [6, 6.07) is 1.76. The van der Waals surface area contributed by atoms with Crippen molar-refractivity contribution in [1.29, 1.82) is 0 Å². The van der Waals surface area contributed by atoms with Gasteiger partial charge in [-0.3, -0.25) is 4.98 Å². The molecule has 1 fully saturated rings. The number of sulfone groups is 1. The SMILES string of the molecule is CS(=O)(=O)C1CSCCN1c1ccncc1CO. The molecule has 2 rings (SSSR count). The summed E-state index contributed by atoms with van der Waals surface area (Å²) in [5.74, 6) is 1.45. The first-order chi connectivity index (χ1) is 8.54. The van der Waals surface area contributed by atoms with Crippen LogP contribution in [0.2, 0.25) is 0 Å². The third-order valence-electron chi connectivity index (χ3n) is 2.94. The van der Waals surface area contributed by atoms with E-state index in [1.807, 2.05) is 4.90 Å². The molecule has 1 aliphatic rings. The van der Waals surface area contributed by atoms with E-state index in [1.54, 1.807) is 30.2 Å². The van der Waals surface area contributed by atoms with Crippen molar-refractivity contribution in [3.63, 3.8) is 0 Å². The first-order valence-electron chi connectivity index (χ1n) is 5.61.